The van der Waals surface area contributed by atoms with Gasteiger partial charge in [-0.15, -0.1) is 0 Å². The zero-order valence-electron chi connectivity index (χ0n) is 10.7. The van der Waals surface area contributed by atoms with Gasteiger partial charge in [-0.25, -0.2) is 0 Å². The molecule has 0 spiro atoms. The number of halogens is 1. The van der Waals surface area contributed by atoms with Crippen LogP contribution in [-0.2, 0) is 0 Å². The Bertz CT molecular complexity index is 563. The molecule has 1 fully saturated rings. The molecule has 3 heteroatoms. The molecule has 2 aromatic rings. The van der Waals surface area contributed by atoms with E-state index in [0.717, 1.165) is 22.4 Å². The van der Waals surface area contributed by atoms with Crippen molar-refractivity contribution in [2.45, 2.75) is 32.2 Å². The van der Waals surface area contributed by atoms with Gasteiger partial charge in [-0.1, -0.05) is 29.8 Å². The van der Waals surface area contributed by atoms with Crippen LogP contribution in [0.5, 0.6) is 0 Å². The van der Waals surface area contributed by atoms with E-state index in [0.29, 0.717) is 17.9 Å². The molecular formula is C15H18BrNO. The minimum Gasteiger partial charge on any atom is -0.461 e. The predicted molar refractivity (Wildman–Crippen MR) is 77.9 cm³/mol. The van der Waals surface area contributed by atoms with Crippen molar-refractivity contribution in [1.82, 2.24) is 5.32 Å². The lowest BCUT2D eigenvalue weighted by Gasteiger charge is -2.42. The van der Waals surface area contributed by atoms with E-state index in [9.17, 15) is 0 Å². The lowest BCUT2D eigenvalue weighted by molar-refractivity contribution is 0.167. The highest BCUT2D eigenvalue weighted by atomic mass is 79.9. The van der Waals surface area contributed by atoms with Gasteiger partial charge in [0.25, 0.3) is 0 Å². The normalized spacial score (nSPS) is 27.4. The van der Waals surface area contributed by atoms with Crippen molar-refractivity contribution in [2.75, 3.05) is 6.54 Å². The van der Waals surface area contributed by atoms with Gasteiger partial charge in [-0.3, -0.25) is 0 Å². The van der Waals surface area contributed by atoms with E-state index >= 15 is 0 Å². The first-order chi connectivity index (χ1) is 8.69. The molecule has 0 saturated heterocycles. The van der Waals surface area contributed by atoms with Gasteiger partial charge in [0.15, 0.2) is 0 Å². The molecule has 0 radical (unpaired) electrons. The van der Waals surface area contributed by atoms with Gasteiger partial charge in [0.05, 0.1) is 0 Å². The van der Waals surface area contributed by atoms with Crippen LogP contribution in [0.1, 0.15) is 31.9 Å². The standard InChI is InChI=1S/C15H18BrNO/c1-3-17-13-8-12(9(13)2)15-7-10-6-11(16)4-5-14(10)18-15/h4-7,9,12-13,17H,3,8H2,1-2H3. The Morgan fingerprint density at radius 3 is 2.94 bits per heavy atom. The summed E-state index contributed by atoms with van der Waals surface area (Å²) in [6.07, 6.45) is 1.19. The topological polar surface area (TPSA) is 25.2 Å². The highest BCUT2D eigenvalue weighted by Gasteiger charge is 2.39. The molecule has 2 nitrogen and oxygen atoms in total. The molecule has 0 amide bonds. The average molecular weight is 308 g/mol. The fraction of sp³-hybridized carbons (Fsp3) is 0.467. The van der Waals surface area contributed by atoms with Gasteiger partial charge >= 0.3 is 0 Å². The molecule has 18 heavy (non-hydrogen) atoms. The first-order valence-corrected chi connectivity index (χ1v) is 7.40. The van der Waals surface area contributed by atoms with E-state index in [-0.39, 0.29) is 0 Å². The Balaban J connectivity index is 1.83. The van der Waals surface area contributed by atoms with Crippen LogP contribution in [0.4, 0.5) is 0 Å². The number of hydrogen-bond donors (Lipinski definition) is 1. The summed E-state index contributed by atoms with van der Waals surface area (Å²) in [7, 11) is 0. The largest absolute Gasteiger partial charge is 0.461 e. The van der Waals surface area contributed by atoms with Crippen LogP contribution in [0, 0.1) is 5.92 Å². The molecule has 3 rings (SSSR count). The fourth-order valence-electron chi connectivity index (χ4n) is 2.91. The Morgan fingerprint density at radius 2 is 2.22 bits per heavy atom. The summed E-state index contributed by atoms with van der Waals surface area (Å²) in [5, 5.41) is 4.72. The van der Waals surface area contributed by atoms with Crippen LogP contribution in [0.3, 0.4) is 0 Å². The monoisotopic (exact) mass is 307 g/mol. The summed E-state index contributed by atoms with van der Waals surface area (Å²) in [5.74, 6) is 2.37. The number of furan rings is 1. The second-order valence-electron chi connectivity index (χ2n) is 5.20. The van der Waals surface area contributed by atoms with Gasteiger partial charge < -0.3 is 9.73 Å². The molecule has 1 aromatic carbocycles. The lowest BCUT2D eigenvalue weighted by Crippen LogP contribution is -2.47. The second kappa shape index (κ2) is 4.71. The van der Waals surface area contributed by atoms with Crippen LogP contribution >= 0.6 is 15.9 Å². The summed E-state index contributed by atoms with van der Waals surface area (Å²) < 4.78 is 7.08. The van der Waals surface area contributed by atoms with E-state index in [2.05, 4.69) is 47.2 Å². The predicted octanol–water partition coefficient (Wildman–Crippen LogP) is 4.30. The molecule has 1 aromatic heterocycles. The molecule has 1 heterocycles. The van der Waals surface area contributed by atoms with Crippen molar-refractivity contribution < 1.29 is 4.42 Å². The number of fused-ring (bicyclic) bond motifs is 1. The molecule has 96 valence electrons. The zero-order valence-corrected chi connectivity index (χ0v) is 12.3. The minimum atomic E-state index is 0.570. The SMILES string of the molecule is CCNC1CC(c2cc3cc(Br)ccc3o2)C1C. The van der Waals surface area contributed by atoms with E-state index in [1.165, 1.54) is 11.8 Å². The molecule has 0 bridgehead atoms. The molecule has 3 atom stereocenters. The number of benzene rings is 1. The van der Waals surface area contributed by atoms with Gasteiger partial charge in [-0.05, 0) is 43.1 Å². The van der Waals surface area contributed by atoms with Crippen LogP contribution in [0.25, 0.3) is 11.0 Å². The molecule has 0 aliphatic heterocycles. The summed E-state index contributed by atoms with van der Waals surface area (Å²) in [5.41, 5.74) is 0.993. The van der Waals surface area contributed by atoms with Crippen LogP contribution in [0.2, 0.25) is 0 Å². The third-order valence-corrected chi connectivity index (χ3v) is 4.60. The van der Waals surface area contributed by atoms with Crippen molar-refractivity contribution in [3.8, 4) is 0 Å². The first kappa shape index (κ1) is 12.2. The van der Waals surface area contributed by atoms with Crippen molar-refractivity contribution in [1.29, 1.82) is 0 Å². The Kier molecular flexibility index (Phi) is 3.20. The summed E-state index contributed by atoms with van der Waals surface area (Å²) >= 11 is 3.50. The molecule has 3 unspecified atom stereocenters. The number of nitrogens with one attached hydrogen (secondary N) is 1. The number of rotatable bonds is 3. The molecule has 1 saturated carbocycles. The summed E-state index contributed by atoms with van der Waals surface area (Å²) in [6, 6.07) is 9.03. The third kappa shape index (κ3) is 1.99. The highest BCUT2D eigenvalue weighted by Crippen LogP contribution is 2.44. The number of hydrogen-bond acceptors (Lipinski definition) is 2. The molecular weight excluding hydrogens is 290 g/mol. The lowest BCUT2D eigenvalue weighted by atomic mass is 9.69. The third-order valence-electron chi connectivity index (χ3n) is 4.11. The fourth-order valence-corrected chi connectivity index (χ4v) is 3.29. The maximum Gasteiger partial charge on any atom is 0.134 e. The zero-order chi connectivity index (χ0) is 12.7. The van der Waals surface area contributed by atoms with Gasteiger partial charge in [0, 0.05) is 21.8 Å². The van der Waals surface area contributed by atoms with Crippen molar-refractivity contribution in [3.63, 3.8) is 0 Å². The molecule has 1 aliphatic carbocycles. The summed E-state index contributed by atoms with van der Waals surface area (Å²) in [6.45, 7) is 5.53. The van der Waals surface area contributed by atoms with E-state index in [4.69, 9.17) is 4.42 Å². The average Bonchev–Trinajstić information content (AvgIpc) is 2.75. The first-order valence-electron chi connectivity index (χ1n) is 6.61. The van der Waals surface area contributed by atoms with Gasteiger partial charge in [0.1, 0.15) is 11.3 Å². The van der Waals surface area contributed by atoms with Crippen molar-refractivity contribution in [2.24, 2.45) is 5.92 Å². The van der Waals surface area contributed by atoms with Gasteiger partial charge in [0.2, 0.25) is 0 Å². The highest BCUT2D eigenvalue weighted by molar-refractivity contribution is 9.10. The smallest absolute Gasteiger partial charge is 0.134 e. The quantitative estimate of drug-likeness (QED) is 0.914. The van der Waals surface area contributed by atoms with E-state index in [1.54, 1.807) is 0 Å². The Hall–Kier alpha value is -0.800. The van der Waals surface area contributed by atoms with Gasteiger partial charge in [-0.2, -0.15) is 0 Å². The Morgan fingerprint density at radius 1 is 1.39 bits per heavy atom. The second-order valence-corrected chi connectivity index (χ2v) is 6.11. The van der Waals surface area contributed by atoms with E-state index in [1.807, 2.05) is 12.1 Å². The van der Waals surface area contributed by atoms with Crippen molar-refractivity contribution in [3.05, 3.63) is 34.5 Å². The summed E-state index contributed by atoms with van der Waals surface area (Å²) in [4.78, 5) is 0. The van der Waals surface area contributed by atoms with Crippen LogP contribution < -0.4 is 5.32 Å². The molecule has 1 aliphatic rings. The van der Waals surface area contributed by atoms with Crippen LogP contribution in [-0.4, -0.2) is 12.6 Å². The maximum absolute atomic E-state index is 5.98. The molecule has 1 N–H and O–H groups in total. The van der Waals surface area contributed by atoms with E-state index < -0.39 is 0 Å². The maximum atomic E-state index is 5.98. The minimum absolute atomic E-state index is 0.570. The van der Waals surface area contributed by atoms with Crippen molar-refractivity contribution >= 4 is 26.9 Å². The Labute approximate surface area is 116 Å². The van der Waals surface area contributed by atoms with Crippen LogP contribution in [0.15, 0.2) is 33.2 Å².